The summed E-state index contributed by atoms with van der Waals surface area (Å²) in [6, 6.07) is 13.1. The number of carbonyl (C=O) groups excluding carboxylic acids is 2. The number of imide groups is 1. The molecule has 0 bridgehead atoms. The zero-order chi connectivity index (χ0) is 19.4. The largest absolute Gasteiger partial charge is 0.490 e. The highest BCUT2D eigenvalue weighted by Crippen LogP contribution is 2.30. The molecule has 1 aliphatic heterocycles. The molecular weight excluding hydrogens is 344 g/mol. The SMILES string of the molecule is CCOc1cc(/C=C2/NC(=O)N(C)C2=O)ccc1OCc1ccc(C)cc1. The Kier molecular flexibility index (Phi) is 5.45. The van der Waals surface area contributed by atoms with Crippen LogP contribution in [-0.2, 0) is 11.4 Å². The normalized spacial score (nSPS) is 15.2. The summed E-state index contributed by atoms with van der Waals surface area (Å²) in [5.74, 6) is 0.847. The standard InChI is InChI=1S/C21H22N2O4/c1-4-26-19-12-16(11-17-20(24)23(3)21(25)22-17)9-10-18(19)27-13-15-7-5-14(2)6-8-15/h5-12H,4,13H2,1-3H3,(H,22,25)/b17-11+. The van der Waals surface area contributed by atoms with E-state index in [1.54, 1.807) is 18.2 Å². The summed E-state index contributed by atoms with van der Waals surface area (Å²) >= 11 is 0. The summed E-state index contributed by atoms with van der Waals surface area (Å²) in [6.45, 7) is 4.85. The fraction of sp³-hybridized carbons (Fsp3) is 0.238. The fourth-order valence-electron chi connectivity index (χ4n) is 2.64. The smallest absolute Gasteiger partial charge is 0.328 e. The number of amides is 3. The van der Waals surface area contributed by atoms with Crippen LogP contribution in [0.25, 0.3) is 6.08 Å². The van der Waals surface area contributed by atoms with Crippen LogP contribution in [0.1, 0.15) is 23.6 Å². The summed E-state index contributed by atoms with van der Waals surface area (Å²) in [4.78, 5) is 24.6. The van der Waals surface area contributed by atoms with Crippen LogP contribution in [0, 0.1) is 6.92 Å². The van der Waals surface area contributed by atoms with E-state index < -0.39 is 6.03 Å². The lowest BCUT2D eigenvalue weighted by atomic mass is 10.1. The van der Waals surface area contributed by atoms with Crippen molar-refractivity contribution < 1.29 is 19.1 Å². The first-order valence-electron chi connectivity index (χ1n) is 8.74. The second kappa shape index (κ2) is 7.95. The van der Waals surface area contributed by atoms with Gasteiger partial charge in [-0.3, -0.25) is 9.69 Å². The first-order valence-corrected chi connectivity index (χ1v) is 8.74. The van der Waals surface area contributed by atoms with E-state index in [-0.39, 0.29) is 11.6 Å². The third kappa shape index (κ3) is 4.28. The van der Waals surface area contributed by atoms with E-state index in [4.69, 9.17) is 9.47 Å². The van der Waals surface area contributed by atoms with E-state index in [2.05, 4.69) is 5.32 Å². The number of rotatable bonds is 6. The van der Waals surface area contributed by atoms with Gasteiger partial charge in [-0.05, 0) is 43.2 Å². The molecular formula is C21H22N2O4. The molecule has 1 heterocycles. The topological polar surface area (TPSA) is 67.9 Å². The Hall–Kier alpha value is -3.28. The highest BCUT2D eigenvalue weighted by atomic mass is 16.5. The molecule has 0 unspecified atom stereocenters. The number of aryl methyl sites for hydroxylation is 1. The van der Waals surface area contributed by atoms with E-state index >= 15 is 0 Å². The van der Waals surface area contributed by atoms with E-state index in [1.165, 1.54) is 12.6 Å². The molecule has 1 aliphatic rings. The van der Waals surface area contributed by atoms with Gasteiger partial charge in [-0.25, -0.2) is 4.79 Å². The van der Waals surface area contributed by atoms with Gasteiger partial charge in [0.2, 0.25) is 0 Å². The summed E-state index contributed by atoms with van der Waals surface area (Å²) in [5.41, 5.74) is 3.24. The average Bonchev–Trinajstić information content (AvgIpc) is 2.89. The van der Waals surface area contributed by atoms with Crippen LogP contribution in [0.15, 0.2) is 48.2 Å². The van der Waals surface area contributed by atoms with Gasteiger partial charge in [-0.1, -0.05) is 35.9 Å². The minimum atomic E-state index is -0.436. The number of carbonyl (C=O) groups is 2. The first-order chi connectivity index (χ1) is 13.0. The van der Waals surface area contributed by atoms with E-state index in [9.17, 15) is 9.59 Å². The van der Waals surface area contributed by atoms with Gasteiger partial charge in [0, 0.05) is 7.05 Å². The molecule has 6 nitrogen and oxygen atoms in total. The fourth-order valence-corrected chi connectivity index (χ4v) is 2.64. The van der Waals surface area contributed by atoms with Crippen LogP contribution < -0.4 is 14.8 Å². The van der Waals surface area contributed by atoms with Gasteiger partial charge in [0.05, 0.1) is 6.61 Å². The van der Waals surface area contributed by atoms with Gasteiger partial charge < -0.3 is 14.8 Å². The van der Waals surface area contributed by atoms with Crippen molar-refractivity contribution in [3.63, 3.8) is 0 Å². The molecule has 0 radical (unpaired) electrons. The maximum absolute atomic E-state index is 12.0. The monoisotopic (exact) mass is 366 g/mol. The lowest BCUT2D eigenvalue weighted by Crippen LogP contribution is -2.25. The second-order valence-electron chi connectivity index (χ2n) is 6.27. The molecule has 3 rings (SSSR count). The second-order valence-corrected chi connectivity index (χ2v) is 6.27. The molecule has 0 aromatic heterocycles. The molecule has 0 spiro atoms. The van der Waals surface area contributed by atoms with Crippen molar-refractivity contribution in [1.82, 2.24) is 10.2 Å². The molecule has 0 saturated carbocycles. The van der Waals surface area contributed by atoms with Crippen LogP contribution >= 0.6 is 0 Å². The molecule has 1 fully saturated rings. The zero-order valence-corrected chi connectivity index (χ0v) is 15.6. The highest BCUT2D eigenvalue weighted by Gasteiger charge is 2.29. The molecule has 1 saturated heterocycles. The molecule has 1 N–H and O–H groups in total. The molecule has 2 aromatic rings. The lowest BCUT2D eigenvalue weighted by Gasteiger charge is -2.13. The van der Waals surface area contributed by atoms with Crippen molar-refractivity contribution in [3.05, 3.63) is 64.9 Å². The Morgan fingerprint density at radius 2 is 1.78 bits per heavy atom. The highest BCUT2D eigenvalue weighted by molar-refractivity contribution is 6.13. The summed E-state index contributed by atoms with van der Waals surface area (Å²) in [6.07, 6.45) is 1.62. The Balaban J connectivity index is 1.79. The Labute approximate surface area is 158 Å². The van der Waals surface area contributed by atoms with Crippen LogP contribution in [0.5, 0.6) is 11.5 Å². The number of hydrogen-bond donors (Lipinski definition) is 1. The van der Waals surface area contributed by atoms with Crippen molar-refractivity contribution in [2.24, 2.45) is 0 Å². The Morgan fingerprint density at radius 3 is 2.41 bits per heavy atom. The van der Waals surface area contributed by atoms with Crippen LogP contribution in [0.3, 0.4) is 0 Å². The van der Waals surface area contributed by atoms with Gasteiger partial charge in [0.25, 0.3) is 5.91 Å². The maximum atomic E-state index is 12.0. The van der Waals surface area contributed by atoms with Gasteiger partial charge in [-0.15, -0.1) is 0 Å². The van der Waals surface area contributed by atoms with Crippen LogP contribution in [0.2, 0.25) is 0 Å². The Bertz CT molecular complexity index is 888. The molecule has 140 valence electrons. The minimum Gasteiger partial charge on any atom is -0.490 e. The van der Waals surface area contributed by atoms with Gasteiger partial charge >= 0.3 is 6.03 Å². The van der Waals surface area contributed by atoms with Crippen molar-refractivity contribution in [1.29, 1.82) is 0 Å². The first kappa shape index (κ1) is 18.5. The Morgan fingerprint density at radius 1 is 1.04 bits per heavy atom. The molecule has 6 heteroatoms. The molecule has 3 amide bonds. The molecule has 27 heavy (non-hydrogen) atoms. The van der Waals surface area contributed by atoms with Gasteiger partial charge in [0.15, 0.2) is 11.5 Å². The van der Waals surface area contributed by atoms with Crippen molar-refractivity contribution in [3.8, 4) is 11.5 Å². The number of benzene rings is 2. The number of urea groups is 1. The van der Waals surface area contributed by atoms with Crippen molar-refractivity contribution in [2.75, 3.05) is 13.7 Å². The molecule has 2 aromatic carbocycles. The number of nitrogens with one attached hydrogen (secondary N) is 1. The summed E-state index contributed by atoms with van der Waals surface area (Å²) in [7, 11) is 1.44. The summed E-state index contributed by atoms with van der Waals surface area (Å²) in [5, 5.41) is 2.55. The van der Waals surface area contributed by atoms with E-state index in [0.29, 0.717) is 24.7 Å². The predicted molar refractivity (Wildman–Crippen MR) is 102 cm³/mol. The predicted octanol–water partition coefficient (Wildman–Crippen LogP) is 3.50. The van der Waals surface area contributed by atoms with E-state index in [0.717, 1.165) is 16.0 Å². The number of hydrogen-bond acceptors (Lipinski definition) is 4. The van der Waals surface area contributed by atoms with Crippen LogP contribution in [0.4, 0.5) is 4.79 Å². The number of likely N-dealkylation sites (N-methyl/N-ethyl adjacent to an activating group) is 1. The third-order valence-electron chi connectivity index (χ3n) is 4.17. The molecule has 0 aliphatic carbocycles. The molecule has 0 atom stereocenters. The van der Waals surface area contributed by atoms with E-state index in [1.807, 2.05) is 44.2 Å². The lowest BCUT2D eigenvalue weighted by molar-refractivity contribution is -0.121. The summed E-state index contributed by atoms with van der Waals surface area (Å²) < 4.78 is 11.6. The van der Waals surface area contributed by atoms with Gasteiger partial charge in [0.1, 0.15) is 12.3 Å². The maximum Gasteiger partial charge on any atom is 0.328 e. The number of nitrogens with zero attached hydrogens (tertiary/aromatic N) is 1. The number of ether oxygens (including phenoxy) is 2. The van der Waals surface area contributed by atoms with Crippen LogP contribution in [-0.4, -0.2) is 30.5 Å². The average molecular weight is 366 g/mol. The quantitative estimate of drug-likeness (QED) is 0.628. The zero-order valence-electron chi connectivity index (χ0n) is 15.6. The third-order valence-corrected chi connectivity index (χ3v) is 4.17. The van der Waals surface area contributed by atoms with Crippen molar-refractivity contribution in [2.45, 2.75) is 20.5 Å². The van der Waals surface area contributed by atoms with Crippen molar-refractivity contribution >= 4 is 18.0 Å². The minimum absolute atomic E-state index is 0.235. The van der Waals surface area contributed by atoms with Gasteiger partial charge in [-0.2, -0.15) is 0 Å².